The van der Waals surface area contributed by atoms with Crippen LogP contribution in [-0.2, 0) is 4.79 Å². The molecule has 0 radical (unpaired) electrons. The van der Waals surface area contributed by atoms with Crippen molar-refractivity contribution in [1.29, 1.82) is 0 Å². The van der Waals surface area contributed by atoms with Crippen LogP contribution in [0.4, 0.5) is 0 Å². The molecule has 2 heteroatoms. The zero-order chi connectivity index (χ0) is 10.3. The predicted molar refractivity (Wildman–Crippen MR) is 58.5 cm³/mol. The van der Waals surface area contributed by atoms with Crippen molar-refractivity contribution in [2.24, 2.45) is 5.92 Å². The highest BCUT2D eigenvalue weighted by atomic mass is 16.2. The first-order valence-corrected chi connectivity index (χ1v) is 5.68. The maximum Gasteiger partial charge on any atom is 0.225 e. The molecule has 1 heterocycles. The summed E-state index contributed by atoms with van der Waals surface area (Å²) in [4.78, 5) is 13.7. The van der Waals surface area contributed by atoms with Crippen LogP contribution in [0.3, 0.4) is 0 Å². The lowest BCUT2D eigenvalue weighted by Gasteiger charge is -2.39. The monoisotopic (exact) mass is 201 g/mol. The molecule has 78 valence electrons. The molecule has 2 aliphatic rings. The van der Waals surface area contributed by atoms with E-state index in [-0.39, 0.29) is 0 Å². The van der Waals surface area contributed by atoms with Gasteiger partial charge in [0.1, 0.15) is 0 Å². The van der Waals surface area contributed by atoms with Crippen LogP contribution < -0.4 is 0 Å². The minimum atomic E-state index is 0.377. The minimum absolute atomic E-state index is 0.377. The van der Waals surface area contributed by atoms with E-state index in [2.05, 4.69) is 24.3 Å². The van der Waals surface area contributed by atoms with Crippen molar-refractivity contribution in [3.63, 3.8) is 0 Å². The second kappa shape index (κ2) is 3.37. The predicted octanol–water partition coefficient (Wildman–Crippen LogP) is 2.02. The molecular weight excluding hydrogens is 186 g/mol. The molecule has 1 amide bonds. The Labute approximate surface area is 89.9 Å². The van der Waals surface area contributed by atoms with Crippen molar-refractivity contribution in [2.45, 2.75) is 18.8 Å². The molecule has 15 heavy (non-hydrogen) atoms. The molecule has 0 bridgehead atoms. The molecule has 0 N–H and O–H groups in total. The second-order valence-electron chi connectivity index (χ2n) is 4.63. The molecule has 0 spiro atoms. The largest absolute Gasteiger partial charge is 0.341 e. The maximum absolute atomic E-state index is 11.7. The van der Waals surface area contributed by atoms with Crippen molar-refractivity contribution in [2.75, 3.05) is 13.1 Å². The van der Waals surface area contributed by atoms with Crippen LogP contribution >= 0.6 is 0 Å². The van der Waals surface area contributed by atoms with Gasteiger partial charge in [-0.3, -0.25) is 4.79 Å². The molecule has 1 aromatic carbocycles. The number of hydrogen-bond acceptors (Lipinski definition) is 1. The van der Waals surface area contributed by atoms with Gasteiger partial charge < -0.3 is 4.90 Å². The number of likely N-dealkylation sites (tertiary alicyclic amines) is 1. The average Bonchev–Trinajstić information content (AvgIpc) is 3.00. The summed E-state index contributed by atoms with van der Waals surface area (Å²) in [6.07, 6.45) is 2.23. The summed E-state index contributed by atoms with van der Waals surface area (Å²) in [5.74, 6) is 1.35. The Balaban J connectivity index is 1.59. The van der Waals surface area contributed by atoms with Gasteiger partial charge in [-0.15, -0.1) is 0 Å². The quantitative estimate of drug-likeness (QED) is 0.717. The van der Waals surface area contributed by atoms with Crippen LogP contribution in [0.2, 0.25) is 0 Å². The number of carbonyl (C=O) groups excluding carboxylic acids is 1. The van der Waals surface area contributed by atoms with Gasteiger partial charge in [-0.2, -0.15) is 0 Å². The molecule has 3 rings (SSSR count). The van der Waals surface area contributed by atoms with E-state index in [0.717, 1.165) is 25.9 Å². The van der Waals surface area contributed by atoms with Crippen LogP contribution in [-0.4, -0.2) is 23.9 Å². The Kier molecular flexibility index (Phi) is 2.01. The van der Waals surface area contributed by atoms with Crippen LogP contribution in [0.1, 0.15) is 24.3 Å². The van der Waals surface area contributed by atoms with Gasteiger partial charge in [-0.25, -0.2) is 0 Å². The molecular formula is C13H15NO. The van der Waals surface area contributed by atoms with Gasteiger partial charge in [0.2, 0.25) is 5.91 Å². The van der Waals surface area contributed by atoms with Crippen molar-refractivity contribution in [3.8, 4) is 0 Å². The second-order valence-corrected chi connectivity index (χ2v) is 4.63. The molecule has 0 unspecified atom stereocenters. The summed E-state index contributed by atoms with van der Waals surface area (Å²) in [7, 11) is 0. The molecule has 0 aromatic heterocycles. The summed E-state index contributed by atoms with van der Waals surface area (Å²) in [6.45, 7) is 1.86. The number of hydrogen-bond donors (Lipinski definition) is 0. The number of rotatable bonds is 2. The maximum atomic E-state index is 11.7. The lowest BCUT2D eigenvalue weighted by molar-refractivity contribution is -0.137. The summed E-state index contributed by atoms with van der Waals surface area (Å²) in [5.41, 5.74) is 1.37. The van der Waals surface area contributed by atoms with Crippen LogP contribution in [0.5, 0.6) is 0 Å². The lowest BCUT2D eigenvalue weighted by atomic mass is 9.91. The molecule has 1 saturated heterocycles. The average molecular weight is 201 g/mol. The van der Waals surface area contributed by atoms with E-state index in [1.165, 1.54) is 5.56 Å². The molecule has 2 nitrogen and oxygen atoms in total. The molecule has 1 aliphatic carbocycles. The highest BCUT2D eigenvalue weighted by Gasteiger charge is 2.39. The fourth-order valence-corrected chi connectivity index (χ4v) is 2.18. The third-order valence-corrected chi connectivity index (χ3v) is 3.39. The molecule has 1 aromatic rings. The topological polar surface area (TPSA) is 20.3 Å². The van der Waals surface area contributed by atoms with Gasteiger partial charge in [-0.1, -0.05) is 30.3 Å². The Morgan fingerprint density at radius 1 is 1.13 bits per heavy atom. The van der Waals surface area contributed by atoms with Gasteiger partial charge in [-0.05, 0) is 18.4 Å². The first-order valence-electron chi connectivity index (χ1n) is 5.68. The minimum Gasteiger partial charge on any atom is -0.341 e. The van der Waals surface area contributed by atoms with E-state index in [9.17, 15) is 4.79 Å². The zero-order valence-corrected chi connectivity index (χ0v) is 8.73. The van der Waals surface area contributed by atoms with Gasteiger partial charge >= 0.3 is 0 Å². The number of nitrogens with zero attached hydrogens (tertiary/aromatic N) is 1. The molecule has 2 fully saturated rings. The SMILES string of the molecule is O=C(C1CC1)N1CC(c2ccccc2)C1. The number of amides is 1. The first kappa shape index (κ1) is 8.96. The lowest BCUT2D eigenvalue weighted by Crippen LogP contribution is -2.49. The summed E-state index contributed by atoms with van der Waals surface area (Å²) in [6, 6.07) is 10.5. The first-order chi connectivity index (χ1) is 7.34. The Bertz CT molecular complexity index is 363. The van der Waals surface area contributed by atoms with Crippen LogP contribution in [0.25, 0.3) is 0 Å². The highest BCUT2D eigenvalue weighted by Crippen LogP contribution is 2.35. The zero-order valence-electron chi connectivity index (χ0n) is 8.73. The smallest absolute Gasteiger partial charge is 0.225 e. The summed E-state index contributed by atoms with van der Waals surface area (Å²) >= 11 is 0. The number of benzene rings is 1. The summed E-state index contributed by atoms with van der Waals surface area (Å²) in [5, 5.41) is 0. The fraction of sp³-hybridized carbons (Fsp3) is 0.462. The van der Waals surface area contributed by atoms with Crippen molar-refractivity contribution in [1.82, 2.24) is 4.90 Å². The molecule has 0 atom stereocenters. The molecule has 1 saturated carbocycles. The van der Waals surface area contributed by atoms with E-state index in [1.54, 1.807) is 0 Å². The van der Waals surface area contributed by atoms with E-state index < -0.39 is 0 Å². The van der Waals surface area contributed by atoms with Crippen LogP contribution in [0.15, 0.2) is 30.3 Å². The van der Waals surface area contributed by atoms with Gasteiger partial charge in [0, 0.05) is 24.9 Å². The fourth-order valence-electron chi connectivity index (χ4n) is 2.18. The van der Waals surface area contributed by atoms with Gasteiger partial charge in [0.15, 0.2) is 0 Å². The molecule has 1 aliphatic heterocycles. The Hall–Kier alpha value is -1.31. The van der Waals surface area contributed by atoms with E-state index >= 15 is 0 Å². The van der Waals surface area contributed by atoms with Crippen molar-refractivity contribution < 1.29 is 4.79 Å². The van der Waals surface area contributed by atoms with Gasteiger partial charge in [0.05, 0.1) is 0 Å². The Morgan fingerprint density at radius 3 is 2.40 bits per heavy atom. The van der Waals surface area contributed by atoms with E-state index in [1.807, 2.05) is 11.0 Å². The van der Waals surface area contributed by atoms with E-state index in [0.29, 0.717) is 17.7 Å². The van der Waals surface area contributed by atoms with Gasteiger partial charge in [0.25, 0.3) is 0 Å². The van der Waals surface area contributed by atoms with E-state index in [4.69, 9.17) is 0 Å². The van der Waals surface area contributed by atoms with Crippen LogP contribution in [0, 0.1) is 5.92 Å². The van der Waals surface area contributed by atoms with Crippen molar-refractivity contribution in [3.05, 3.63) is 35.9 Å². The third kappa shape index (κ3) is 1.65. The standard InChI is InChI=1S/C13H15NO/c15-13(11-6-7-11)14-8-12(9-14)10-4-2-1-3-5-10/h1-5,11-12H,6-9H2. The van der Waals surface area contributed by atoms with Crippen molar-refractivity contribution >= 4 is 5.91 Å². The third-order valence-electron chi connectivity index (χ3n) is 3.39. The number of carbonyl (C=O) groups is 1. The highest BCUT2D eigenvalue weighted by molar-refractivity contribution is 5.82. The normalized spacial score (nSPS) is 21.2. The Morgan fingerprint density at radius 2 is 1.80 bits per heavy atom. The summed E-state index contributed by atoms with van der Waals surface area (Å²) < 4.78 is 0.